The number of pyridine rings is 2. The average molecular weight is 514 g/mol. The van der Waals surface area contributed by atoms with Gasteiger partial charge >= 0.3 is 0 Å². The van der Waals surface area contributed by atoms with Crippen molar-refractivity contribution in [2.24, 2.45) is 0 Å². The topological polar surface area (TPSA) is 30.2 Å². The number of hydrogen-bond acceptors (Lipinski definition) is 2. The molecule has 5 heteroatoms. The molecule has 0 saturated carbocycles. The molecule has 3 aromatic heterocycles. The van der Waals surface area contributed by atoms with Crippen LogP contribution in [0.2, 0.25) is 0 Å². The van der Waals surface area contributed by atoms with Crippen LogP contribution < -0.4 is 0 Å². The minimum absolute atomic E-state index is 0. The van der Waals surface area contributed by atoms with E-state index in [0.29, 0.717) is 0 Å². The Kier molecular flexibility index (Phi) is 5.96. The molecule has 0 bridgehead atoms. The molecule has 0 fully saturated rings. The molecule has 0 amide bonds. The van der Waals surface area contributed by atoms with Crippen LogP contribution in [0.5, 0.6) is 0 Å². The fraction of sp³-hybridized carbons (Fsp3) is 0. The van der Waals surface area contributed by atoms with Gasteiger partial charge in [0, 0.05) is 83.1 Å². The zero-order valence-electron chi connectivity index (χ0n) is 10.9. The molecule has 4 rings (SSSR count). The third-order valence-corrected chi connectivity index (χ3v) is 3.07. The summed E-state index contributed by atoms with van der Waals surface area (Å²) < 4.78 is 2.08. The first kappa shape index (κ1) is 17.4. The number of imidazole rings is 1. The van der Waals surface area contributed by atoms with Gasteiger partial charge in [0.25, 0.3) is 0 Å². The quantitative estimate of drug-likeness (QED) is 0.267. The van der Waals surface area contributed by atoms with Gasteiger partial charge in [0.2, 0.25) is 0 Å². The Morgan fingerprint density at radius 2 is 1.95 bits per heavy atom. The molecule has 0 atom stereocenters. The maximum Gasteiger partial charge on any atom is 0.0608 e. The van der Waals surface area contributed by atoms with Gasteiger partial charge in [0.15, 0.2) is 0 Å². The number of benzene rings is 1. The van der Waals surface area contributed by atoms with E-state index in [1.165, 1.54) is 0 Å². The van der Waals surface area contributed by atoms with Crippen LogP contribution >= 0.6 is 0 Å². The van der Waals surface area contributed by atoms with Crippen molar-refractivity contribution < 1.29 is 52.8 Å². The SMILES string of the molecule is [CH3-].[Ir].[Y].[c-]1cccc2c1c1nccn1c1ccncc21. The van der Waals surface area contributed by atoms with Crippen LogP contribution in [-0.2, 0) is 52.8 Å². The largest absolute Gasteiger partial charge is 0.358 e. The Labute approximate surface area is 156 Å². The van der Waals surface area contributed by atoms with Crippen molar-refractivity contribution in [1.82, 2.24) is 14.4 Å². The second-order valence-electron chi connectivity index (χ2n) is 3.97. The maximum atomic E-state index is 4.41. The second-order valence-corrected chi connectivity index (χ2v) is 3.97. The predicted molar refractivity (Wildman–Crippen MR) is 73.2 cm³/mol. The summed E-state index contributed by atoms with van der Waals surface area (Å²) in [7, 11) is 0. The third kappa shape index (κ3) is 2.46. The molecule has 0 spiro atoms. The van der Waals surface area contributed by atoms with Crippen molar-refractivity contribution in [3.63, 3.8) is 0 Å². The summed E-state index contributed by atoms with van der Waals surface area (Å²) in [5.41, 5.74) is 2.07. The Bertz CT molecular complexity index is 788. The Balaban J connectivity index is 0.000000667. The van der Waals surface area contributed by atoms with E-state index >= 15 is 0 Å². The van der Waals surface area contributed by atoms with E-state index in [-0.39, 0.29) is 60.2 Å². The molecule has 0 aliphatic carbocycles. The minimum Gasteiger partial charge on any atom is -0.358 e. The molecule has 3 nitrogen and oxygen atoms in total. The average Bonchev–Trinajstić information content (AvgIpc) is 2.89. The molecular formula is C15H11IrN3Y-2. The van der Waals surface area contributed by atoms with Crippen LogP contribution in [0, 0.1) is 13.5 Å². The number of fused-ring (bicyclic) bond motifs is 6. The van der Waals surface area contributed by atoms with Crippen molar-refractivity contribution in [3.05, 3.63) is 62.5 Å². The zero-order chi connectivity index (χ0) is 11.2. The summed E-state index contributed by atoms with van der Waals surface area (Å²) in [6.45, 7) is 0. The van der Waals surface area contributed by atoms with E-state index in [1.54, 1.807) is 6.20 Å². The standard InChI is InChI=1S/C14H8N3.CH3.Ir.Y/c1-2-4-11-10(3-1)12-9-15-6-5-13(12)17-8-7-16-14(11)17;;;/h1-3,5-9H;1H3;;/q2*-1;;. The molecule has 2 radical (unpaired) electrons. The normalized spacial score (nSPS) is 9.80. The summed E-state index contributed by atoms with van der Waals surface area (Å²) in [5.74, 6) is 0. The molecule has 4 aromatic rings. The molecule has 1 aromatic carbocycles. The molecule has 0 unspecified atom stereocenters. The summed E-state index contributed by atoms with van der Waals surface area (Å²) in [6.07, 6.45) is 7.48. The van der Waals surface area contributed by atoms with E-state index in [1.807, 2.05) is 36.8 Å². The summed E-state index contributed by atoms with van der Waals surface area (Å²) in [4.78, 5) is 8.61. The van der Waals surface area contributed by atoms with Gasteiger partial charge in [-0.3, -0.25) is 9.97 Å². The molecule has 3 heterocycles. The van der Waals surface area contributed by atoms with Gasteiger partial charge in [-0.05, 0) is 11.5 Å². The molecule has 20 heavy (non-hydrogen) atoms. The molecule has 0 aliphatic rings. The number of hydrogen-bond donors (Lipinski definition) is 0. The monoisotopic (exact) mass is 515 g/mol. The van der Waals surface area contributed by atoms with Gasteiger partial charge in [-0.2, -0.15) is 0 Å². The molecular weight excluding hydrogens is 503 g/mol. The van der Waals surface area contributed by atoms with E-state index in [2.05, 4.69) is 26.5 Å². The Morgan fingerprint density at radius 3 is 2.80 bits per heavy atom. The zero-order valence-corrected chi connectivity index (χ0v) is 16.1. The summed E-state index contributed by atoms with van der Waals surface area (Å²) in [5, 5.41) is 3.32. The maximum absolute atomic E-state index is 4.41. The smallest absolute Gasteiger partial charge is 0.0608 e. The van der Waals surface area contributed by atoms with Crippen molar-refractivity contribution in [2.45, 2.75) is 0 Å². The van der Waals surface area contributed by atoms with Crippen molar-refractivity contribution in [3.8, 4) is 0 Å². The van der Waals surface area contributed by atoms with E-state index in [0.717, 1.165) is 27.3 Å². The van der Waals surface area contributed by atoms with Crippen LogP contribution in [0.25, 0.3) is 27.3 Å². The first-order chi connectivity index (χ1) is 8.45. The summed E-state index contributed by atoms with van der Waals surface area (Å²) >= 11 is 0. The molecule has 100 valence electrons. The molecule has 0 aliphatic heterocycles. The fourth-order valence-electron chi connectivity index (χ4n) is 2.33. The number of aromatic nitrogens is 3. The third-order valence-electron chi connectivity index (χ3n) is 3.07. The van der Waals surface area contributed by atoms with Gasteiger partial charge < -0.3 is 11.8 Å². The molecule has 0 N–H and O–H groups in total. The number of rotatable bonds is 0. The van der Waals surface area contributed by atoms with Gasteiger partial charge in [0.1, 0.15) is 0 Å². The van der Waals surface area contributed by atoms with E-state index in [9.17, 15) is 0 Å². The van der Waals surface area contributed by atoms with E-state index < -0.39 is 0 Å². The van der Waals surface area contributed by atoms with Crippen molar-refractivity contribution in [2.75, 3.05) is 0 Å². The van der Waals surface area contributed by atoms with Crippen molar-refractivity contribution >= 4 is 27.3 Å². The van der Waals surface area contributed by atoms with Gasteiger partial charge in [-0.25, -0.2) is 0 Å². The molecule has 0 saturated heterocycles. The first-order valence-corrected chi connectivity index (χ1v) is 5.44. The van der Waals surface area contributed by atoms with E-state index in [4.69, 9.17) is 0 Å². The van der Waals surface area contributed by atoms with Crippen LogP contribution in [0.3, 0.4) is 0 Å². The Morgan fingerprint density at radius 1 is 1.10 bits per heavy atom. The first-order valence-electron chi connectivity index (χ1n) is 5.44. The second kappa shape index (κ2) is 6.86. The van der Waals surface area contributed by atoms with Crippen LogP contribution in [0.4, 0.5) is 0 Å². The van der Waals surface area contributed by atoms with Crippen LogP contribution in [0.1, 0.15) is 0 Å². The fourth-order valence-corrected chi connectivity index (χ4v) is 2.33. The van der Waals surface area contributed by atoms with Gasteiger partial charge in [-0.15, -0.1) is 29.7 Å². The van der Waals surface area contributed by atoms with Gasteiger partial charge in [0.05, 0.1) is 5.65 Å². The van der Waals surface area contributed by atoms with Crippen LogP contribution in [0.15, 0.2) is 49.1 Å². The predicted octanol–water partition coefficient (Wildman–Crippen LogP) is 3.28. The Hall–Kier alpha value is -0.667. The number of nitrogens with zero attached hydrogens (tertiary/aromatic N) is 3. The van der Waals surface area contributed by atoms with Crippen LogP contribution in [-0.4, -0.2) is 14.4 Å². The van der Waals surface area contributed by atoms with Crippen molar-refractivity contribution in [1.29, 1.82) is 0 Å². The van der Waals surface area contributed by atoms with Gasteiger partial charge in [-0.1, -0.05) is 5.39 Å². The minimum atomic E-state index is 0. The summed E-state index contributed by atoms with van der Waals surface area (Å²) in [6, 6.07) is 11.3.